The van der Waals surface area contributed by atoms with Crippen LogP contribution in [0.3, 0.4) is 0 Å². The van der Waals surface area contributed by atoms with Crippen LogP contribution in [-0.4, -0.2) is 28.6 Å². The highest BCUT2D eigenvalue weighted by Gasteiger charge is 2.29. The van der Waals surface area contributed by atoms with Crippen LogP contribution in [0.15, 0.2) is 24.3 Å². The van der Waals surface area contributed by atoms with Gasteiger partial charge in [-0.25, -0.2) is 0 Å². The third-order valence-corrected chi connectivity index (χ3v) is 3.61. The Labute approximate surface area is 117 Å². The lowest BCUT2D eigenvalue weighted by Gasteiger charge is -2.28. The molecule has 1 aliphatic heterocycles. The highest BCUT2D eigenvalue weighted by Crippen LogP contribution is 2.30. The molecule has 0 atom stereocenters. The van der Waals surface area contributed by atoms with E-state index in [9.17, 15) is 9.59 Å². The number of para-hydroxylation sites is 2. The number of nitrogens with one attached hydrogen (secondary N) is 1. The van der Waals surface area contributed by atoms with Crippen LogP contribution < -0.4 is 10.2 Å². The van der Waals surface area contributed by atoms with Crippen molar-refractivity contribution in [3.8, 4) is 0 Å². The summed E-state index contributed by atoms with van der Waals surface area (Å²) in [7, 11) is 0. The summed E-state index contributed by atoms with van der Waals surface area (Å²) in [5, 5.41) is 10.2. The molecule has 1 N–H and O–H groups in total. The van der Waals surface area contributed by atoms with Crippen molar-refractivity contribution in [3.63, 3.8) is 0 Å². The number of carbonyl (C=O) groups is 2. The van der Waals surface area contributed by atoms with Crippen LogP contribution in [0.25, 0.3) is 0 Å². The quantitative estimate of drug-likeness (QED) is 0.870. The van der Waals surface area contributed by atoms with E-state index in [2.05, 4.69) is 15.5 Å². The van der Waals surface area contributed by atoms with E-state index >= 15 is 0 Å². The van der Waals surface area contributed by atoms with Crippen molar-refractivity contribution in [2.45, 2.75) is 0 Å². The van der Waals surface area contributed by atoms with Gasteiger partial charge in [0, 0.05) is 0 Å². The SMILES string of the molecule is O=C1CN(C(=O)c2nnc(Cl)s2)c2ccccc2N1. The summed E-state index contributed by atoms with van der Waals surface area (Å²) in [6.45, 7) is -0.0486. The molecule has 0 fully saturated rings. The van der Waals surface area contributed by atoms with Crippen LogP contribution in [0.2, 0.25) is 4.47 Å². The van der Waals surface area contributed by atoms with Crippen molar-refractivity contribution in [1.29, 1.82) is 0 Å². The van der Waals surface area contributed by atoms with E-state index in [1.54, 1.807) is 24.3 Å². The largest absolute Gasteiger partial charge is 0.323 e. The van der Waals surface area contributed by atoms with Gasteiger partial charge >= 0.3 is 0 Å². The summed E-state index contributed by atoms with van der Waals surface area (Å²) < 4.78 is 0.193. The zero-order valence-electron chi connectivity index (χ0n) is 9.46. The van der Waals surface area contributed by atoms with Gasteiger partial charge in [0.25, 0.3) is 5.91 Å². The average Bonchev–Trinajstić information content (AvgIpc) is 2.83. The zero-order chi connectivity index (χ0) is 13.4. The second-order valence-corrected chi connectivity index (χ2v) is 5.38. The third-order valence-electron chi connectivity index (χ3n) is 2.60. The number of benzene rings is 1. The highest BCUT2D eigenvalue weighted by molar-refractivity contribution is 7.17. The molecule has 8 heteroatoms. The first-order valence-electron chi connectivity index (χ1n) is 5.35. The van der Waals surface area contributed by atoms with Crippen molar-refractivity contribution >= 4 is 46.1 Å². The molecule has 0 saturated carbocycles. The molecule has 1 aliphatic rings. The first-order chi connectivity index (χ1) is 9.15. The van der Waals surface area contributed by atoms with E-state index in [-0.39, 0.29) is 27.8 Å². The van der Waals surface area contributed by atoms with Gasteiger partial charge < -0.3 is 5.32 Å². The molecule has 19 heavy (non-hydrogen) atoms. The summed E-state index contributed by atoms with van der Waals surface area (Å²) in [5.74, 6) is -0.630. The Hall–Kier alpha value is -1.99. The Morgan fingerprint density at radius 2 is 2.16 bits per heavy atom. The van der Waals surface area contributed by atoms with Crippen LogP contribution in [0.4, 0.5) is 11.4 Å². The van der Waals surface area contributed by atoms with Crippen LogP contribution in [0.1, 0.15) is 9.80 Å². The Kier molecular flexibility index (Phi) is 2.92. The summed E-state index contributed by atoms with van der Waals surface area (Å²) >= 11 is 6.65. The molecule has 0 spiro atoms. The van der Waals surface area contributed by atoms with Gasteiger partial charge in [0.15, 0.2) is 0 Å². The maximum Gasteiger partial charge on any atom is 0.289 e. The van der Waals surface area contributed by atoms with E-state index < -0.39 is 0 Å². The van der Waals surface area contributed by atoms with Gasteiger partial charge in [0.05, 0.1) is 11.4 Å². The maximum atomic E-state index is 12.3. The minimum absolute atomic E-state index is 0.0486. The van der Waals surface area contributed by atoms with Gasteiger partial charge in [-0.15, -0.1) is 10.2 Å². The zero-order valence-corrected chi connectivity index (χ0v) is 11.0. The normalized spacial score (nSPS) is 13.9. The lowest BCUT2D eigenvalue weighted by molar-refractivity contribution is -0.115. The molecular formula is C11H7ClN4O2S. The fourth-order valence-electron chi connectivity index (χ4n) is 1.82. The molecule has 0 radical (unpaired) electrons. The van der Waals surface area contributed by atoms with E-state index in [1.165, 1.54) is 4.90 Å². The molecule has 1 aromatic heterocycles. The predicted octanol–water partition coefficient (Wildman–Crippen LogP) is 1.79. The van der Waals surface area contributed by atoms with Gasteiger partial charge in [-0.05, 0) is 23.7 Å². The standard InChI is InChI=1S/C11H7ClN4O2S/c12-11-15-14-9(19-11)10(18)16-5-8(17)13-6-3-1-2-4-7(6)16/h1-4H,5H2,(H,13,17). The molecule has 2 heterocycles. The molecule has 2 amide bonds. The first kappa shape index (κ1) is 12.1. The van der Waals surface area contributed by atoms with E-state index in [1.807, 2.05) is 0 Å². The number of aromatic nitrogens is 2. The minimum atomic E-state index is -0.383. The molecular weight excluding hydrogens is 288 g/mol. The van der Waals surface area contributed by atoms with Gasteiger partial charge in [0.1, 0.15) is 6.54 Å². The molecule has 6 nitrogen and oxygen atoms in total. The van der Waals surface area contributed by atoms with Gasteiger partial charge in [-0.1, -0.05) is 23.5 Å². The van der Waals surface area contributed by atoms with E-state index in [0.29, 0.717) is 11.4 Å². The van der Waals surface area contributed by atoms with Gasteiger partial charge in [-0.3, -0.25) is 14.5 Å². The highest BCUT2D eigenvalue weighted by atomic mass is 35.5. The predicted molar refractivity (Wildman–Crippen MR) is 71.7 cm³/mol. The van der Waals surface area contributed by atoms with Crippen molar-refractivity contribution in [2.75, 3.05) is 16.8 Å². The number of nitrogens with zero attached hydrogens (tertiary/aromatic N) is 3. The minimum Gasteiger partial charge on any atom is -0.323 e. The second-order valence-electron chi connectivity index (χ2n) is 3.82. The number of halogens is 1. The smallest absolute Gasteiger partial charge is 0.289 e. The Bertz CT molecular complexity index is 672. The number of carbonyl (C=O) groups excluding carboxylic acids is 2. The number of anilines is 2. The first-order valence-corrected chi connectivity index (χ1v) is 6.54. The molecule has 0 bridgehead atoms. The number of hydrogen-bond donors (Lipinski definition) is 1. The van der Waals surface area contributed by atoms with Gasteiger partial charge in [-0.2, -0.15) is 0 Å². The second kappa shape index (κ2) is 4.60. The lowest BCUT2D eigenvalue weighted by Crippen LogP contribution is -2.42. The summed E-state index contributed by atoms with van der Waals surface area (Å²) in [5.41, 5.74) is 1.24. The molecule has 0 saturated heterocycles. The molecule has 2 aromatic rings. The molecule has 0 aliphatic carbocycles. The average molecular weight is 295 g/mol. The van der Waals surface area contributed by atoms with Crippen LogP contribution >= 0.6 is 22.9 Å². The molecule has 96 valence electrons. The fourth-order valence-corrected chi connectivity index (χ4v) is 2.60. The van der Waals surface area contributed by atoms with E-state index in [0.717, 1.165) is 11.3 Å². The summed E-state index contributed by atoms with van der Waals surface area (Å²) in [4.78, 5) is 25.3. The molecule has 3 rings (SSSR count). The number of amides is 2. The van der Waals surface area contributed by atoms with Crippen molar-refractivity contribution in [2.24, 2.45) is 0 Å². The maximum absolute atomic E-state index is 12.3. The third kappa shape index (κ3) is 2.18. The lowest BCUT2D eigenvalue weighted by atomic mass is 10.2. The summed E-state index contributed by atoms with van der Waals surface area (Å²) in [6.07, 6.45) is 0. The topological polar surface area (TPSA) is 75.2 Å². The molecule has 0 unspecified atom stereocenters. The van der Waals surface area contributed by atoms with Crippen LogP contribution in [0.5, 0.6) is 0 Å². The monoisotopic (exact) mass is 294 g/mol. The van der Waals surface area contributed by atoms with Crippen molar-refractivity contribution < 1.29 is 9.59 Å². The van der Waals surface area contributed by atoms with Crippen molar-refractivity contribution in [1.82, 2.24) is 10.2 Å². The Morgan fingerprint density at radius 1 is 1.37 bits per heavy atom. The number of rotatable bonds is 1. The van der Waals surface area contributed by atoms with Gasteiger partial charge in [0.2, 0.25) is 15.4 Å². The van der Waals surface area contributed by atoms with Crippen LogP contribution in [-0.2, 0) is 4.79 Å². The Balaban J connectivity index is 2.01. The molecule has 1 aromatic carbocycles. The summed E-state index contributed by atoms with van der Waals surface area (Å²) in [6, 6.07) is 7.08. The van der Waals surface area contributed by atoms with E-state index in [4.69, 9.17) is 11.6 Å². The van der Waals surface area contributed by atoms with Crippen molar-refractivity contribution in [3.05, 3.63) is 33.7 Å². The number of fused-ring (bicyclic) bond motifs is 1. The Morgan fingerprint density at radius 3 is 2.89 bits per heavy atom. The fraction of sp³-hybridized carbons (Fsp3) is 0.0909. The van der Waals surface area contributed by atoms with Crippen LogP contribution in [0, 0.1) is 0 Å². The number of hydrogen-bond acceptors (Lipinski definition) is 5.